The van der Waals surface area contributed by atoms with E-state index in [1.54, 1.807) is 0 Å². The van der Waals surface area contributed by atoms with Gasteiger partial charge in [0.05, 0.1) is 0 Å². The van der Waals surface area contributed by atoms with E-state index in [1.807, 2.05) is 11.8 Å². The zero-order chi connectivity index (χ0) is 14.1. The van der Waals surface area contributed by atoms with Crippen molar-refractivity contribution in [3.63, 3.8) is 0 Å². The quantitative estimate of drug-likeness (QED) is 0.508. The van der Waals surface area contributed by atoms with E-state index in [0.29, 0.717) is 5.92 Å². The van der Waals surface area contributed by atoms with E-state index >= 15 is 0 Å². The first kappa shape index (κ1) is 16.6. The Labute approximate surface area is 123 Å². The third kappa shape index (κ3) is 7.03. The summed E-state index contributed by atoms with van der Waals surface area (Å²) in [6, 6.07) is 9.16. The summed E-state index contributed by atoms with van der Waals surface area (Å²) in [6.07, 6.45) is 2.51. The fourth-order valence-corrected chi connectivity index (χ4v) is 3.12. The van der Waals surface area contributed by atoms with Crippen LogP contribution in [0.5, 0.6) is 0 Å². The van der Waals surface area contributed by atoms with Gasteiger partial charge in [-0.05, 0) is 61.2 Å². The molecule has 0 heterocycles. The summed E-state index contributed by atoms with van der Waals surface area (Å²) in [5.41, 5.74) is 1.46. The normalized spacial score (nSPS) is 12.9. The lowest BCUT2D eigenvalue weighted by atomic mass is 9.98. The first-order chi connectivity index (χ1) is 9.13. The maximum atomic E-state index is 3.39. The van der Waals surface area contributed by atoms with E-state index in [9.17, 15) is 0 Å². The van der Waals surface area contributed by atoms with Gasteiger partial charge in [-0.25, -0.2) is 0 Å². The van der Waals surface area contributed by atoms with Crippen molar-refractivity contribution in [2.45, 2.75) is 51.3 Å². The molecule has 0 aliphatic carbocycles. The van der Waals surface area contributed by atoms with Gasteiger partial charge in [-0.15, -0.1) is 11.8 Å². The number of hydrogen-bond acceptors (Lipinski definition) is 2. The van der Waals surface area contributed by atoms with Gasteiger partial charge in [-0.3, -0.25) is 0 Å². The predicted molar refractivity (Wildman–Crippen MR) is 88.2 cm³/mol. The first-order valence-electron chi connectivity index (χ1n) is 7.57. The fourth-order valence-electron chi connectivity index (χ4n) is 1.97. The van der Waals surface area contributed by atoms with E-state index in [4.69, 9.17) is 0 Å². The molecular weight excluding hydrogens is 250 g/mol. The second-order valence-corrected chi connectivity index (χ2v) is 6.81. The lowest BCUT2D eigenvalue weighted by molar-refractivity contribution is 0.608. The van der Waals surface area contributed by atoms with E-state index in [0.717, 1.165) is 19.0 Å². The van der Waals surface area contributed by atoms with Gasteiger partial charge in [-0.1, -0.05) is 39.8 Å². The molecule has 0 saturated heterocycles. The van der Waals surface area contributed by atoms with E-state index in [1.165, 1.54) is 29.1 Å². The van der Waals surface area contributed by atoms with Gasteiger partial charge in [0.25, 0.3) is 0 Å². The van der Waals surface area contributed by atoms with Crippen LogP contribution in [0.25, 0.3) is 0 Å². The molecule has 1 nitrogen and oxygen atoms in total. The molecule has 108 valence electrons. The first-order valence-corrected chi connectivity index (χ1v) is 8.55. The van der Waals surface area contributed by atoms with Crippen LogP contribution in [0.1, 0.15) is 52.0 Å². The van der Waals surface area contributed by atoms with Crippen LogP contribution < -0.4 is 5.32 Å². The van der Waals surface area contributed by atoms with Gasteiger partial charge in [0.15, 0.2) is 0 Å². The summed E-state index contributed by atoms with van der Waals surface area (Å²) in [5.74, 6) is 2.68. The molecule has 1 aromatic carbocycles. The van der Waals surface area contributed by atoms with Crippen molar-refractivity contribution < 1.29 is 0 Å². The molecule has 1 N–H and O–H groups in total. The van der Waals surface area contributed by atoms with E-state index < -0.39 is 0 Å². The number of hydrogen-bond donors (Lipinski definition) is 1. The van der Waals surface area contributed by atoms with Crippen molar-refractivity contribution in [1.29, 1.82) is 0 Å². The Kier molecular flexibility index (Phi) is 8.24. The average molecular weight is 279 g/mol. The van der Waals surface area contributed by atoms with E-state index in [-0.39, 0.29) is 0 Å². The fraction of sp³-hybridized carbons (Fsp3) is 0.647. The van der Waals surface area contributed by atoms with Gasteiger partial charge in [0.2, 0.25) is 0 Å². The van der Waals surface area contributed by atoms with Gasteiger partial charge >= 0.3 is 0 Å². The summed E-state index contributed by atoms with van der Waals surface area (Å²) in [6.45, 7) is 11.2. The number of thioether (sulfide) groups is 1. The Morgan fingerprint density at radius 1 is 1.05 bits per heavy atom. The standard InChI is InChI=1S/C17H29NS/c1-5-18-12-10-15(4)16-6-8-17(9-7-16)19-13-11-14(2)3/h6-9,14-15,18H,5,10-13H2,1-4H3. The summed E-state index contributed by atoms with van der Waals surface area (Å²) < 4.78 is 0. The molecule has 0 saturated carbocycles. The maximum absolute atomic E-state index is 3.39. The number of rotatable bonds is 9. The average Bonchev–Trinajstić information content (AvgIpc) is 2.39. The molecule has 0 aromatic heterocycles. The van der Waals surface area contributed by atoms with Crippen molar-refractivity contribution >= 4 is 11.8 Å². The maximum Gasteiger partial charge on any atom is 0.00721 e. The molecule has 0 fully saturated rings. The highest BCUT2D eigenvalue weighted by Gasteiger charge is 2.05. The second kappa shape index (κ2) is 9.44. The van der Waals surface area contributed by atoms with Crippen LogP contribution in [0, 0.1) is 5.92 Å². The number of nitrogens with one attached hydrogen (secondary N) is 1. The lowest BCUT2D eigenvalue weighted by Crippen LogP contribution is -2.15. The zero-order valence-corrected chi connectivity index (χ0v) is 13.7. The van der Waals surface area contributed by atoms with Crippen LogP contribution in [0.4, 0.5) is 0 Å². The molecule has 0 aliphatic rings. The van der Waals surface area contributed by atoms with Crippen LogP contribution in [-0.2, 0) is 0 Å². The summed E-state index contributed by atoms with van der Waals surface area (Å²) >= 11 is 1.98. The van der Waals surface area contributed by atoms with Crippen molar-refractivity contribution in [2.24, 2.45) is 5.92 Å². The molecule has 0 aliphatic heterocycles. The third-order valence-corrected chi connectivity index (χ3v) is 4.46. The molecular formula is C17H29NS. The van der Waals surface area contributed by atoms with Crippen molar-refractivity contribution in [1.82, 2.24) is 5.32 Å². The summed E-state index contributed by atoms with van der Waals surface area (Å²) in [4.78, 5) is 1.41. The minimum Gasteiger partial charge on any atom is -0.317 e. The van der Waals surface area contributed by atoms with Crippen LogP contribution in [0.3, 0.4) is 0 Å². The molecule has 0 radical (unpaired) electrons. The van der Waals surface area contributed by atoms with Crippen LogP contribution >= 0.6 is 11.8 Å². The molecule has 0 amide bonds. The Bertz CT molecular complexity index is 332. The highest BCUT2D eigenvalue weighted by Crippen LogP contribution is 2.24. The van der Waals surface area contributed by atoms with Crippen molar-refractivity contribution in [3.8, 4) is 0 Å². The number of benzene rings is 1. The molecule has 0 spiro atoms. The monoisotopic (exact) mass is 279 g/mol. The van der Waals surface area contributed by atoms with Crippen LogP contribution in [-0.4, -0.2) is 18.8 Å². The highest BCUT2D eigenvalue weighted by molar-refractivity contribution is 7.99. The van der Waals surface area contributed by atoms with E-state index in [2.05, 4.69) is 57.3 Å². The SMILES string of the molecule is CCNCCC(C)c1ccc(SCCC(C)C)cc1. The smallest absolute Gasteiger partial charge is 0.00721 e. The largest absolute Gasteiger partial charge is 0.317 e. The van der Waals surface area contributed by atoms with Gasteiger partial charge in [0, 0.05) is 4.90 Å². The molecule has 2 heteroatoms. The molecule has 19 heavy (non-hydrogen) atoms. The lowest BCUT2D eigenvalue weighted by Gasteiger charge is -2.13. The third-order valence-electron chi connectivity index (χ3n) is 3.42. The molecule has 1 unspecified atom stereocenters. The summed E-state index contributed by atoms with van der Waals surface area (Å²) in [7, 11) is 0. The minimum atomic E-state index is 0.647. The Balaban J connectivity index is 2.37. The van der Waals surface area contributed by atoms with Crippen molar-refractivity contribution in [3.05, 3.63) is 29.8 Å². The Morgan fingerprint density at radius 3 is 2.32 bits per heavy atom. The molecule has 0 bridgehead atoms. The molecule has 1 atom stereocenters. The minimum absolute atomic E-state index is 0.647. The van der Waals surface area contributed by atoms with Gasteiger partial charge < -0.3 is 5.32 Å². The van der Waals surface area contributed by atoms with Gasteiger partial charge in [-0.2, -0.15) is 0 Å². The highest BCUT2D eigenvalue weighted by atomic mass is 32.2. The molecule has 1 rings (SSSR count). The van der Waals surface area contributed by atoms with Gasteiger partial charge in [0.1, 0.15) is 0 Å². The Hall–Kier alpha value is -0.470. The van der Waals surface area contributed by atoms with Crippen LogP contribution in [0.2, 0.25) is 0 Å². The summed E-state index contributed by atoms with van der Waals surface area (Å²) in [5, 5.41) is 3.39. The van der Waals surface area contributed by atoms with Crippen LogP contribution in [0.15, 0.2) is 29.2 Å². The zero-order valence-electron chi connectivity index (χ0n) is 12.9. The Morgan fingerprint density at radius 2 is 1.74 bits per heavy atom. The topological polar surface area (TPSA) is 12.0 Å². The second-order valence-electron chi connectivity index (χ2n) is 5.64. The predicted octanol–water partition coefficient (Wildman–Crippen LogP) is 4.93. The molecule has 1 aromatic rings. The van der Waals surface area contributed by atoms with Crippen molar-refractivity contribution in [2.75, 3.05) is 18.8 Å².